The minimum Gasteiger partial charge on any atom is -0.311 e. The van der Waals surface area contributed by atoms with Gasteiger partial charge in [0.25, 0.3) is 0 Å². The molecule has 2 aliphatic rings. The van der Waals surface area contributed by atoms with Crippen molar-refractivity contribution in [2.24, 2.45) is 0 Å². The van der Waals surface area contributed by atoms with Gasteiger partial charge in [0.05, 0.1) is 0 Å². The van der Waals surface area contributed by atoms with Crippen molar-refractivity contribution in [2.75, 3.05) is 13.1 Å². The molecule has 92 valence electrons. The van der Waals surface area contributed by atoms with Crippen LogP contribution >= 0.6 is 0 Å². The molecule has 1 aliphatic heterocycles. The molecular formula is C15H22N2. The molecule has 0 aromatic heterocycles. The Bertz CT molecular complexity index is 362. The van der Waals surface area contributed by atoms with E-state index in [0.717, 1.165) is 18.6 Å². The quantitative estimate of drug-likeness (QED) is 0.840. The summed E-state index contributed by atoms with van der Waals surface area (Å²) in [5, 5.41) is 3.68. The van der Waals surface area contributed by atoms with E-state index >= 15 is 0 Å². The summed E-state index contributed by atoms with van der Waals surface area (Å²) in [6.45, 7) is 4.70. The Hall–Kier alpha value is -0.860. The third kappa shape index (κ3) is 2.12. The molecule has 1 aromatic rings. The molecule has 0 spiro atoms. The van der Waals surface area contributed by atoms with Gasteiger partial charge in [-0.3, -0.25) is 4.90 Å². The van der Waals surface area contributed by atoms with Gasteiger partial charge in [-0.25, -0.2) is 0 Å². The highest BCUT2D eigenvalue weighted by Gasteiger charge is 2.36. The van der Waals surface area contributed by atoms with Crippen LogP contribution in [0.3, 0.4) is 0 Å². The molecule has 2 nitrogen and oxygen atoms in total. The van der Waals surface area contributed by atoms with Gasteiger partial charge in [-0.05, 0) is 25.3 Å². The maximum atomic E-state index is 3.68. The molecule has 1 saturated carbocycles. The lowest BCUT2D eigenvalue weighted by Gasteiger charge is -2.42. The number of hydrogen-bond acceptors (Lipinski definition) is 2. The number of fused-ring (bicyclic) bond motifs is 1. The third-order valence-electron chi connectivity index (χ3n) is 4.46. The maximum Gasteiger partial charge on any atom is 0.0324 e. The van der Waals surface area contributed by atoms with E-state index in [9.17, 15) is 0 Å². The molecule has 1 heterocycles. The van der Waals surface area contributed by atoms with Gasteiger partial charge in [0.1, 0.15) is 0 Å². The van der Waals surface area contributed by atoms with Crippen LogP contribution in [0.1, 0.15) is 37.8 Å². The third-order valence-corrected chi connectivity index (χ3v) is 4.46. The molecule has 0 bridgehead atoms. The van der Waals surface area contributed by atoms with E-state index in [-0.39, 0.29) is 0 Å². The zero-order chi connectivity index (χ0) is 11.7. The van der Waals surface area contributed by atoms with Crippen molar-refractivity contribution in [2.45, 2.75) is 44.3 Å². The smallest absolute Gasteiger partial charge is 0.0324 e. The van der Waals surface area contributed by atoms with Crippen LogP contribution in [-0.4, -0.2) is 30.1 Å². The number of nitrogens with one attached hydrogen (secondary N) is 1. The molecule has 3 rings (SSSR count). The van der Waals surface area contributed by atoms with E-state index in [1.54, 1.807) is 0 Å². The summed E-state index contributed by atoms with van der Waals surface area (Å²) in [5.41, 5.74) is 1.46. The Labute approximate surface area is 104 Å². The van der Waals surface area contributed by atoms with Crippen LogP contribution < -0.4 is 5.32 Å². The standard InChI is InChI=1S/C15H22N2/c1-12(13-6-3-2-4-7-13)17-11-10-16-14-8-5-9-15(14)17/h2-4,6-7,12,14-16H,5,8-11H2,1H3/t12-,14-,15-/m1/s1. The van der Waals surface area contributed by atoms with E-state index in [2.05, 4.69) is 47.5 Å². The van der Waals surface area contributed by atoms with Crippen molar-refractivity contribution < 1.29 is 0 Å². The lowest BCUT2D eigenvalue weighted by Crippen LogP contribution is -2.55. The highest BCUT2D eigenvalue weighted by molar-refractivity contribution is 5.19. The summed E-state index contributed by atoms with van der Waals surface area (Å²) < 4.78 is 0. The Morgan fingerprint density at radius 1 is 1.24 bits per heavy atom. The number of piperazine rings is 1. The molecule has 3 atom stereocenters. The first-order valence-corrected chi connectivity index (χ1v) is 6.90. The molecule has 0 unspecified atom stereocenters. The zero-order valence-electron chi connectivity index (χ0n) is 10.6. The minimum atomic E-state index is 0.559. The molecule has 0 amide bonds. The van der Waals surface area contributed by atoms with Gasteiger partial charge in [0.2, 0.25) is 0 Å². The topological polar surface area (TPSA) is 15.3 Å². The molecule has 1 saturated heterocycles. The van der Waals surface area contributed by atoms with Gasteiger partial charge in [0, 0.05) is 31.2 Å². The van der Waals surface area contributed by atoms with E-state index < -0.39 is 0 Å². The van der Waals surface area contributed by atoms with Gasteiger partial charge in [0.15, 0.2) is 0 Å². The highest BCUT2D eigenvalue weighted by Crippen LogP contribution is 2.32. The first-order chi connectivity index (χ1) is 8.36. The maximum absolute atomic E-state index is 3.68. The number of hydrogen-bond donors (Lipinski definition) is 1. The van der Waals surface area contributed by atoms with Crippen molar-refractivity contribution in [1.82, 2.24) is 10.2 Å². The second kappa shape index (κ2) is 4.79. The van der Waals surface area contributed by atoms with Gasteiger partial charge >= 0.3 is 0 Å². The van der Waals surface area contributed by atoms with Crippen LogP contribution in [0.25, 0.3) is 0 Å². The summed E-state index contributed by atoms with van der Waals surface area (Å²) in [6, 6.07) is 13.0. The fraction of sp³-hybridized carbons (Fsp3) is 0.600. The SMILES string of the molecule is C[C@H](c1ccccc1)N1CCN[C@@H]2CCC[C@H]21. The van der Waals surface area contributed by atoms with Crippen molar-refractivity contribution in [3.63, 3.8) is 0 Å². The normalized spacial score (nSPS) is 31.1. The Balaban J connectivity index is 1.79. The van der Waals surface area contributed by atoms with Gasteiger partial charge < -0.3 is 5.32 Å². The second-order valence-corrected chi connectivity index (χ2v) is 5.38. The van der Waals surface area contributed by atoms with Crippen LogP contribution in [0.4, 0.5) is 0 Å². The van der Waals surface area contributed by atoms with Crippen LogP contribution in [0.15, 0.2) is 30.3 Å². The average Bonchev–Trinajstić information content (AvgIpc) is 2.87. The summed E-state index contributed by atoms with van der Waals surface area (Å²) in [4.78, 5) is 2.71. The molecule has 1 N–H and O–H groups in total. The minimum absolute atomic E-state index is 0.559. The van der Waals surface area contributed by atoms with Crippen molar-refractivity contribution in [3.05, 3.63) is 35.9 Å². The number of nitrogens with zero attached hydrogens (tertiary/aromatic N) is 1. The molecule has 17 heavy (non-hydrogen) atoms. The van der Waals surface area contributed by atoms with Crippen LogP contribution in [0.2, 0.25) is 0 Å². The van der Waals surface area contributed by atoms with E-state index in [0.29, 0.717) is 6.04 Å². The Morgan fingerprint density at radius 3 is 2.88 bits per heavy atom. The summed E-state index contributed by atoms with van der Waals surface area (Å²) >= 11 is 0. The monoisotopic (exact) mass is 230 g/mol. The first kappa shape index (κ1) is 11.2. The zero-order valence-corrected chi connectivity index (χ0v) is 10.6. The van der Waals surface area contributed by atoms with Crippen molar-refractivity contribution in [3.8, 4) is 0 Å². The average molecular weight is 230 g/mol. The summed E-state index contributed by atoms with van der Waals surface area (Å²) in [6.07, 6.45) is 4.12. The molecular weight excluding hydrogens is 208 g/mol. The van der Waals surface area contributed by atoms with Crippen LogP contribution in [-0.2, 0) is 0 Å². The fourth-order valence-electron chi connectivity index (χ4n) is 3.52. The van der Waals surface area contributed by atoms with Crippen molar-refractivity contribution >= 4 is 0 Å². The predicted molar refractivity (Wildman–Crippen MR) is 71.0 cm³/mol. The Morgan fingerprint density at radius 2 is 2.06 bits per heavy atom. The lowest BCUT2D eigenvalue weighted by atomic mass is 10.0. The predicted octanol–water partition coefficient (Wildman–Crippen LogP) is 2.57. The lowest BCUT2D eigenvalue weighted by molar-refractivity contribution is 0.0951. The Kier molecular flexibility index (Phi) is 3.17. The van der Waals surface area contributed by atoms with Crippen LogP contribution in [0, 0.1) is 0 Å². The van der Waals surface area contributed by atoms with E-state index in [1.807, 2.05) is 0 Å². The largest absolute Gasteiger partial charge is 0.311 e. The van der Waals surface area contributed by atoms with Crippen LogP contribution in [0.5, 0.6) is 0 Å². The van der Waals surface area contributed by atoms with E-state index in [4.69, 9.17) is 0 Å². The first-order valence-electron chi connectivity index (χ1n) is 6.90. The molecule has 2 heteroatoms. The van der Waals surface area contributed by atoms with Gasteiger partial charge in [-0.1, -0.05) is 36.8 Å². The molecule has 1 aliphatic carbocycles. The summed E-state index contributed by atoms with van der Waals surface area (Å²) in [5.74, 6) is 0. The summed E-state index contributed by atoms with van der Waals surface area (Å²) in [7, 11) is 0. The molecule has 1 aromatic carbocycles. The number of benzene rings is 1. The highest BCUT2D eigenvalue weighted by atomic mass is 15.3. The fourth-order valence-corrected chi connectivity index (χ4v) is 3.52. The van der Waals surface area contributed by atoms with E-state index in [1.165, 1.54) is 31.4 Å². The molecule has 0 radical (unpaired) electrons. The molecule has 2 fully saturated rings. The second-order valence-electron chi connectivity index (χ2n) is 5.38. The number of rotatable bonds is 2. The van der Waals surface area contributed by atoms with Gasteiger partial charge in [-0.2, -0.15) is 0 Å². The van der Waals surface area contributed by atoms with Crippen molar-refractivity contribution in [1.29, 1.82) is 0 Å². The van der Waals surface area contributed by atoms with Gasteiger partial charge in [-0.15, -0.1) is 0 Å².